The van der Waals surface area contributed by atoms with Crippen LogP contribution in [0.25, 0.3) is 0 Å². The number of nitrogens with one attached hydrogen (secondary N) is 2. The number of nitrogens with zero attached hydrogens (tertiary/aromatic N) is 2. The zero-order valence-corrected chi connectivity index (χ0v) is 9.14. The molecular weight excluding hydrogens is 228 g/mol. The first-order chi connectivity index (χ1) is 7.97. The second kappa shape index (κ2) is 5.64. The maximum absolute atomic E-state index is 11.3. The number of hydrogen-bond donors (Lipinski definition) is 3. The van der Waals surface area contributed by atoms with Crippen molar-refractivity contribution in [3.8, 4) is 0 Å². The number of carbonyl (C=O) groups is 3. The molecule has 0 aliphatic heterocycles. The van der Waals surface area contributed by atoms with Gasteiger partial charge < -0.3 is 15.7 Å². The largest absolute Gasteiger partial charge is 0.480 e. The van der Waals surface area contributed by atoms with Crippen molar-refractivity contribution < 1.29 is 19.5 Å². The monoisotopic (exact) mass is 240 g/mol. The summed E-state index contributed by atoms with van der Waals surface area (Å²) in [6, 6.07) is 0. The molecule has 2 amide bonds. The molecule has 1 rings (SSSR count). The topological polar surface area (TPSA) is 113 Å². The number of carbonyl (C=O) groups excluding carboxylic acids is 2. The highest BCUT2D eigenvalue weighted by molar-refractivity contribution is 5.94. The Morgan fingerprint density at radius 3 is 2.76 bits per heavy atom. The van der Waals surface area contributed by atoms with E-state index in [1.807, 2.05) is 0 Å². The Morgan fingerprint density at radius 1 is 1.47 bits per heavy atom. The summed E-state index contributed by atoms with van der Waals surface area (Å²) in [5.41, 5.74) is 0.376. The first kappa shape index (κ1) is 12.7. The number of aromatic nitrogens is 2. The summed E-state index contributed by atoms with van der Waals surface area (Å²) < 4.78 is 1.18. The molecule has 17 heavy (non-hydrogen) atoms. The molecule has 0 aromatic carbocycles. The van der Waals surface area contributed by atoms with E-state index in [9.17, 15) is 14.4 Å². The summed E-state index contributed by atoms with van der Waals surface area (Å²) in [7, 11) is 0. The summed E-state index contributed by atoms with van der Waals surface area (Å²) in [5, 5.41) is 17.0. The molecule has 0 bridgehead atoms. The van der Waals surface area contributed by atoms with Gasteiger partial charge in [-0.25, -0.2) is 0 Å². The number of anilines is 1. The van der Waals surface area contributed by atoms with E-state index in [0.29, 0.717) is 5.69 Å². The van der Waals surface area contributed by atoms with Gasteiger partial charge in [-0.2, -0.15) is 5.10 Å². The second-order valence-electron chi connectivity index (χ2n) is 3.28. The van der Waals surface area contributed by atoms with Crippen molar-refractivity contribution >= 4 is 23.5 Å². The SMILES string of the molecule is CC(=O)NCC(=O)Nc1cnn(CC(=O)O)c1. The van der Waals surface area contributed by atoms with E-state index in [1.165, 1.54) is 24.0 Å². The molecule has 0 saturated carbocycles. The molecule has 0 spiro atoms. The van der Waals surface area contributed by atoms with Crippen LogP contribution in [0.4, 0.5) is 5.69 Å². The molecule has 0 atom stereocenters. The van der Waals surface area contributed by atoms with Crippen molar-refractivity contribution in [2.45, 2.75) is 13.5 Å². The lowest BCUT2D eigenvalue weighted by Crippen LogP contribution is -2.31. The number of hydrogen-bond acceptors (Lipinski definition) is 4. The average molecular weight is 240 g/mol. The van der Waals surface area contributed by atoms with E-state index in [4.69, 9.17) is 5.11 Å². The minimum atomic E-state index is -1.02. The van der Waals surface area contributed by atoms with Gasteiger partial charge >= 0.3 is 5.97 Å². The van der Waals surface area contributed by atoms with E-state index >= 15 is 0 Å². The Bertz CT molecular complexity index is 440. The van der Waals surface area contributed by atoms with Crippen molar-refractivity contribution in [2.24, 2.45) is 0 Å². The molecule has 0 saturated heterocycles. The number of rotatable bonds is 5. The van der Waals surface area contributed by atoms with Gasteiger partial charge in [0.2, 0.25) is 11.8 Å². The first-order valence-corrected chi connectivity index (χ1v) is 4.76. The van der Waals surface area contributed by atoms with Gasteiger partial charge in [-0.05, 0) is 0 Å². The molecule has 1 heterocycles. The normalized spacial score (nSPS) is 9.71. The minimum absolute atomic E-state index is 0.139. The quantitative estimate of drug-likeness (QED) is 0.613. The van der Waals surface area contributed by atoms with Crippen molar-refractivity contribution in [3.63, 3.8) is 0 Å². The van der Waals surface area contributed by atoms with Crippen LogP contribution < -0.4 is 10.6 Å². The van der Waals surface area contributed by atoms with E-state index in [0.717, 1.165) is 0 Å². The standard InChI is InChI=1S/C9H12N4O4/c1-6(14)10-3-8(15)12-7-2-11-13(4-7)5-9(16)17/h2,4H,3,5H2,1H3,(H,10,14)(H,12,15)(H,16,17). The van der Waals surface area contributed by atoms with E-state index in [1.54, 1.807) is 0 Å². The molecule has 1 aromatic heterocycles. The third kappa shape index (κ3) is 4.78. The minimum Gasteiger partial charge on any atom is -0.480 e. The van der Waals surface area contributed by atoms with Crippen molar-refractivity contribution in [3.05, 3.63) is 12.4 Å². The summed E-state index contributed by atoms with van der Waals surface area (Å²) in [4.78, 5) is 32.2. The molecule has 8 nitrogen and oxygen atoms in total. The fourth-order valence-electron chi connectivity index (χ4n) is 1.06. The highest BCUT2D eigenvalue weighted by Crippen LogP contribution is 2.03. The number of carboxylic acids is 1. The molecule has 92 valence electrons. The van der Waals surface area contributed by atoms with Crippen LogP contribution in [0.15, 0.2) is 12.4 Å². The van der Waals surface area contributed by atoms with Crippen LogP contribution in [0, 0.1) is 0 Å². The molecule has 0 radical (unpaired) electrons. The number of amides is 2. The lowest BCUT2D eigenvalue weighted by Gasteiger charge is -2.02. The lowest BCUT2D eigenvalue weighted by molar-refractivity contribution is -0.137. The fourth-order valence-corrected chi connectivity index (χ4v) is 1.06. The molecule has 0 aliphatic carbocycles. The van der Waals surface area contributed by atoms with Gasteiger partial charge in [-0.15, -0.1) is 0 Å². The molecule has 0 unspecified atom stereocenters. The van der Waals surface area contributed by atoms with Crippen LogP contribution in [0.2, 0.25) is 0 Å². The third-order valence-electron chi connectivity index (χ3n) is 1.71. The number of carboxylic acid groups (broad SMARTS) is 1. The molecule has 8 heteroatoms. The fraction of sp³-hybridized carbons (Fsp3) is 0.333. The maximum atomic E-state index is 11.3. The van der Waals surface area contributed by atoms with Crippen LogP contribution in [0.5, 0.6) is 0 Å². The molecule has 1 aromatic rings. The van der Waals surface area contributed by atoms with Gasteiger partial charge in [0.15, 0.2) is 0 Å². The zero-order valence-electron chi connectivity index (χ0n) is 9.14. The van der Waals surface area contributed by atoms with Crippen LogP contribution >= 0.6 is 0 Å². The Balaban J connectivity index is 2.46. The van der Waals surface area contributed by atoms with Crippen LogP contribution in [0.1, 0.15) is 6.92 Å². The highest BCUT2D eigenvalue weighted by Gasteiger charge is 2.06. The Hall–Kier alpha value is -2.38. The van der Waals surface area contributed by atoms with E-state index < -0.39 is 11.9 Å². The molecule has 0 aliphatic rings. The van der Waals surface area contributed by atoms with Gasteiger partial charge in [-0.1, -0.05) is 0 Å². The zero-order chi connectivity index (χ0) is 12.8. The molecular formula is C9H12N4O4. The predicted molar refractivity (Wildman–Crippen MR) is 57.2 cm³/mol. The summed E-state index contributed by atoms with van der Waals surface area (Å²) in [6.45, 7) is 0.888. The summed E-state index contributed by atoms with van der Waals surface area (Å²) >= 11 is 0. The molecule has 3 N–H and O–H groups in total. The van der Waals surface area contributed by atoms with Gasteiger partial charge in [-0.3, -0.25) is 19.1 Å². The van der Waals surface area contributed by atoms with E-state index in [2.05, 4.69) is 15.7 Å². The Morgan fingerprint density at radius 2 is 2.18 bits per heavy atom. The lowest BCUT2D eigenvalue weighted by atomic mass is 10.5. The smallest absolute Gasteiger partial charge is 0.325 e. The maximum Gasteiger partial charge on any atom is 0.325 e. The first-order valence-electron chi connectivity index (χ1n) is 4.76. The van der Waals surface area contributed by atoms with Gasteiger partial charge in [0, 0.05) is 13.1 Å². The highest BCUT2D eigenvalue weighted by atomic mass is 16.4. The van der Waals surface area contributed by atoms with Crippen LogP contribution in [0.3, 0.4) is 0 Å². The van der Waals surface area contributed by atoms with Crippen LogP contribution in [-0.2, 0) is 20.9 Å². The van der Waals surface area contributed by atoms with Crippen molar-refractivity contribution in [2.75, 3.05) is 11.9 Å². The van der Waals surface area contributed by atoms with Crippen molar-refractivity contribution in [1.29, 1.82) is 0 Å². The number of aliphatic carboxylic acids is 1. The Kier molecular flexibility index (Phi) is 4.21. The van der Waals surface area contributed by atoms with E-state index in [-0.39, 0.29) is 19.0 Å². The average Bonchev–Trinajstić information content (AvgIpc) is 2.61. The van der Waals surface area contributed by atoms with Gasteiger partial charge in [0.1, 0.15) is 6.54 Å². The molecule has 0 fully saturated rings. The Labute approximate surface area is 96.6 Å². The van der Waals surface area contributed by atoms with Gasteiger partial charge in [0.25, 0.3) is 0 Å². The summed E-state index contributed by atoms with van der Waals surface area (Å²) in [5.74, 6) is -1.74. The van der Waals surface area contributed by atoms with Crippen molar-refractivity contribution in [1.82, 2.24) is 15.1 Å². The second-order valence-corrected chi connectivity index (χ2v) is 3.28. The summed E-state index contributed by atoms with van der Waals surface area (Å²) in [6.07, 6.45) is 2.72. The van der Waals surface area contributed by atoms with Crippen LogP contribution in [-0.4, -0.2) is 39.2 Å². The van der Waals surface area contributed by atoms with Gasteiger partial charge in [0.05, 0.1) is 18.4 Å². The third-order valence-corrected chi connectivity index (χ3v) is 1.71. The predicted octanol–water partition coefficient (Wildman–Crippen LogP) is -0.958.